The molecule has 6 heteroatoms. The highest BCUT2D eigenvalue weighted by atomic mass is 16.7. The van der Waals surface area contributed by atoms with Crippen LogP contribution in [0, 0.1) is 5.92 Å². The van der Waals surface area contributed by atoms with Gasteiger partial charge in [0.1, 0.15) is 5.92 Å². The summed E-state index contributed by atoms with van der Waals surface area (Å²) in [6.07, 6.45) is 2.52. The van der Waals surface area contributed by atoms with E-state index in [1.165, 1.54) is 4.90 Å². The minimum absolute atomic E-state index is 0.261. The predicted octanol–water partition coefficient (Wildman–Crippen LogP) is 4.29. The van der Waals surface area contributed by atoms with Crippen molar-refractivity contribution in [1.82, 2.24) is 4.98 Å². The zero-order valence-corrected chi connectivity index (χ0v) is 17.0. The number of hydrogen-bond donors (Lipinski definition) is 0. The van der Waals surface area contributed by atoms with Gasteiger partial charge in [-0.2, -0.15) is 0 Å². The van der Waals surface area contributed by atoms with Crippen molar-refractivity contribution in [2.75, 3.05) is 9.96 Å². The summed E-state index contributed by atoms with van der Waals surface area (Å²) in [6.45, 7) is 0. The van der Waals surface area contributed by atoms with Gasteiger partial charge in [-0.3, -0.25) is 19.4 Å². The second-order valence-electron chi connectivity index (χ2n) is 7.95. The zero-order chi connectivity index (χ0) is 21.7. The zero-order valence-electron chi connectivity index (χ0n) is 17.0. The van der Waals surface area contributed by atoms with E-state index in [2.05, 4.69) is 4.98 Å². The molecule has 2 aliphatic heterocycles. The van der Waals surface area contributed by atoms with Crippen LogP contribution >= 0.6 is 0 Å². The lowest BCUT2D eigenvalue weighted by atomic mass is 9.91. The van der Waals surface area contributed by atoms with Gasteiger partial charge in [0.15, 0.2) is 6.10 Å². The Morgan fingerprint density at radius 3 is 2.38 bits per heavy atom. The number of anilines is 2. The molecule has 3 atom stereocenters. The maximum Gasteiger partial charge on any atom is 0.266 e. The minimum atomic E-state index is -0.896. The summed E-state index contributed by atoms with van der Waals surface area (Å²) in [5, 5.41) is 3.51. The molecule has 0 bridgehead atoms. The Labute approximate surface area is 184 Å². The first-order valence-electron chi connectivity index (χ1n) is 10.5. The maximum atomic E-state index is 13.8. The molecule has 0 saturated carbocycles. The number of pyridine rings is 1. The monoisotopic (exact) mass is 421 g/mol. The summed E-state index contributed by atoms with van der Waals surface area (Å²) in [5.41, 5.74) is 2.20. The van der Waals surface area contributed by atoms with E-state index in [0.29, 0.717) is 5.69 Å². The number of nitrogens with zero attached hydrogens (tertiary/aromatic N) is 3. The molecule has 156 valence electrons. The molecule has 32 heavy (non-hydrogen) atoms. The first kappa shape index (κ1) is 18.7. The fourth-order valence-corrected chi connectivity index (χ4v) is 4.74. The van der Waals surface area contributed by atoms with Crippen molar-refractivity contribution in [2.45, 2.75) is 12.1 Å². The molecular weight excluding hydrogens is 402 g/mol. The van der Waals surface area contributed by atoms with E-state index in [0.717, 1.165) is 22.0 Å². The number of benzene rings is 3. The van der Waals surface area contributed by atoms with Crippen molar-refractivity contribution in [3.8, 4) is 0 Å². The van der Waals surface area contributed by atoms with Crippen molar-refractivity contribution in [1.29, 1.82) is 0 Å². The molecule has 2 amide bonds. The molecule has 0 unspecified atom stereocenters. The summed E-state index contributed by atoms with van der Waals surface area (Å²) < 4.78 is 0. The predicted molar refractivity (Wildman–Crippen MR) is 121 cm³/mol. The maximum absolute atomic E-state index is 13.8. The molecule has 1 aromatic heterocycles. The number of carbonyl (C=O) groups is 2. The highest BCUT2D eigenvalue weighted by molar-refractivity contribution is 6.26. The number of para-hydroxylation sites is 1. The van der Waals surface area contributed by atoms with Crippen molar-refractivity contribution in [3.63, 3.8) is 0 Å². The summed E-state index contributed by atoms with van der Waals surface area (Å²) in [5.74, 6) is -1.28. The van der Waals surface area contributed by atoms with Gasteiger partial charge in [0, 0.05) is 17.8 Å². The number of rotatable bonds is 3. The van der Waals surface area contributed by atoms with Gasteiger partial charge in [0.25, 0.3) is 5.91 Å². The van der Waals surface area contributed by atoms with Crippen LogP contribution in [0.15, 0.2) is 97.3 Å². The van der Waals surface area contributed by atoms with E-state index < -0.39 is 18.1 Å². The Balaban J connectivity index is 1.47. The quantitative estimate of drug-likeness (QED) is 0.462. The SMILES string of the molecule is O=C1[C@H]2[C@@H](c3cccnc3)N(c3ccccc3)O[C@H]2C(=O)N1c1cccc2ccccc12. The summed E-state index contributed by atoms with van der Waals surface area (Å²) in [7, 11) is 0. The first-order valence-corrected chi connectivity index (χ1v) is 10.5. The number of carbonyl (C=O) groups excluding carboxylic acids is 2. The Bertz CT molecular complexity index is 1320. The van der Waals surface area contributed by atoms with Gasteiger partial charge in [-0.1, -0.05) is 60.7 Å². The third-order valence-electron chi connectivity index (χ3n) is 6.16. The van der Waals surface area contributed by atoms with Gasteiger partial charge in [-0.05, 0) is 35.2 Å². The highest BCUT2D eigenvalue weighted by Gasteiger charge is 2.60. The third-order valence-corrected chi connectivity index (χ3v) is 6.16. The Hall–Kier alpha value is -4.03. The van der Waals surface area contributed by atoms with Crippen LogP contribution in [0.3, 0.4) is 0 Å². The Morgan fingerprint density at radius 1 is 0.781 bits per heavy atom. The second-order valence-corrected chi connectivity index (χ2v) is 7.95. The largest absolute Gasteiger partial charge is 0.273 e. The lowest BCUT2D eigenvalue weighted by Crippen LogP contribution is -2.37. The molecule has 3 aromatic carbocycles. The number of fused-ring (bicyclic) bond motifs is 2. The van der Waals surface area contributed by atoms with Crippen molar-refractivity contribution in [2.24, 2.45) is 5.92 Å². The molecule has 2 saturated heterocycles. The van der Waals surface area contributed by atoms with E-state index in [1.54, 1.807) is 17.5 Å². The van der Waals surface area contributed by atoms with E-state index in [1.807, 2.05) is 84.9 Å². The topological polar surface area (TPSA) is 62.7 Å². The molecule has 0 spiro atoms. The van der Waals surface area contributed by atoms with Crippen LogP contribution in [0.4, 0.5) is 11.4 Å². The second kappa shape index (κ2) is 7.28. The van der Waals surface area contributed by atoms with Crippen LogP contribution in [0.5, 0.6) is 0 Å². The lowest BCUT2D eigenvalue weighted by Gasteiger charge is -2.28. The van der Waals surface area contributed by atoms with E-state index in [-0.39, 0.29) is 11.8 Å². The fourth-order valence-electron chi connectivity index (χ4n) is 4.74. The van der Waals surface area contributed by atoms with Crippen LogP contribution < -0.4 is 9.96 Å². The number of imide groups is 1. The van der Waals surface area contributed by atoms with Crippen molar-refractivity contribution in [3.05, 3.63) is 103 Å². The van der Waals surface area contributed by atoms with Crippen molar-refractivity contribution < 1.29 is 14.4 Å². The molecule has 0 radical (unpaired) electrons. The van der Waals surface area contributed by atoms with Crippen LogP contribution in [-0.2, 0) is 14.4 Å². The number of aromatic nitrogens is 1. The van der Waals surface area contributed by atoms with Gasteiger partial charge in [0.2, 0.25) is 5.91 Å². The number of hydroxylamine groups is 1. The molecule has 6 rings (SSSR count). The highest BCUT2D eigenvalue weighted by Crippen LogP contribution is 2.48. The number of amides is 2. The van der Waals surface area contributed by atoms with E-state index >= 15 is 0 Å². The van der Waals surface area contributed by atoms with Crippen LogP contribution in [0.1, 0.15) is 11.6 Å². The van der Waals surface area contributed by atoms with Gasteiger partial charge in [0.05, 0.1) is 17.4 Å². The van der Waals surface area contributed by atoms with Crippen LogP contribution in [0.25, 0.3) is 10.8 Å². The third kappa shape index (κ3) is 2.73. The van der Waals surface area contributed by atoms with Gasteiger partial charge < -0.3 is 0 Å². The molecular formula is C26H19N3O3. The molecule has 0 N–H and O–H groups in total. The molecule has 4 aromatic rings. The summed E-state index contributed by atoms with van der Waals surface area (Å²) in [4.78, 5) is 39.0. The molecule has 3 heterocycles. The Kier molecular flexibility index (Phi) is 4.26. The smallest absolute Gasteiger partial charge is 0.266 e. The molecule has 6 nitrogen and oxygen atoms in total. The molecule has 0 aliphatic carbocycles. The minimum Gasteiger partial charge on any atom is -0.273 e. The van der Waals surface area contributed by atoms with E-state index in [9.17, 15) is 9.59 Å². The van der Waals surface area contributed by atoms with Crippen LogP contribution in [0.2, 0.25) is 0 Å². The molecule has 2 aliphatic rings. The average Bonchev–Trinajstić information content (AvgIpc) is 3.36. The molecule has 2 fully saturated rings. The van der Waals surface area contributed by atoms with Crippen molar-refractivity contribution >= 4 is 34.0 Å². The fraction of sp³-hybridized carbons (Fsp3) is 0.115. The van der Waals surface area contributed by atoms with Gasteiger partial charge in [-0.25, -0.2) is 9.96 Å². The standard InChI is InChI=1S/C26H19N3O3/c30-25-22-23(18-10-7-15-27-16-18)29(19-11-2-1-3-12-19)32-24(22)26(31)28(25)21-14-6-9-17-8-4-5-13-20(17)21/h1-16,22-24H/t22-,23+,24+/m0/s1. The van der Waals surface area contributed by atoms with Crippen LogP contribution in [-0.4, -0.2) is 22.9 Å². The normalized spacial score (nSPS) is 22.6. The van der Waals surface area contributed by atoms with Gasteiger partial charge >= 0.3 is 0 Å². The average molecular weight is 421 g/mol. The Morgan fingerprint density at radius 2 is 1.56 bits per heavy atom. The van der Waals surface area contributed by atoms with Gasteiger partial charge in [-0.15, -0.1) is 0 Å². The summed E-state index contributed by atoms with van der Waals surface area (Å²) >= 11 is 0. The van der Waals surface area contributed by atoms with E-state index in [4.69, 9.17) is 4.84 Å². The lowest BCUT2D eigenvalue weighted by molar-refractivity contribution is -0.126. The first-order chi connectivity index (χ1) is 15.7. The summed E-state index contributed by atoms with van der Waals surface area (Å²) in [6, 6.07) is 26.2. The number of hydrogen-bond acceptors (Lipinski definition) is 5.